The molecule has 5 rings (SSSR count). The summed E-state index contributed by atoms with van der Waals surface area (Å²) in [5.41, 5.74) is 9.12. The number of benzene rings is 2. The van der Waals surface area contributed by atoms with E-state index in [1.54, 1.807) is 6.07 Å². The molecule has 4 atom stereocenters. The van der Waals surface area contributed by atoms with Gasteiger partial charge in [-0.3, -0.25) is 9.59 Å². The number of hydrogen-bond acceptors (Lipinski definition) is 5. The first-order valence-corrected chi connectivity index (χ1v) is 15.1. The topological polar surface area (TPSA) is 92.5 Å². The fourth-order valence-electron chi connectivity index (χ4n) is 5.66. The maximum absolute atomic E-state index is 14.3. The highest BCUT2D eigenvalue weighted by Crippen LogP contribution is 2.53. The van der Waals surface area contributed by atoms with Crippen LogP contribution < -0.4 is 11.1 Å². The van der Waals surface area contributed by atoms with Crippen LogP contribution in [0.15, 0.2) is 77.5 Å². The number of aryl methyl sites for hydroxylation is 1. The van der Waals surface area contributed by atoms with Gasteiger partial charge in [0.2, 0.25) is 5.91 Å². The normalized spacial score (nSPS) is 20.7. The fourth-order valence-corrected chi connectivity index (χ4v) is 7.45. The number of carbonyl (C=O) groups excluding carboxylic acids is 3. The van der Waals surface area contributed by atoms with Crippen molar-refractivity contribution in [2.75, 3.05) is 5.32 Å². The highest BCUT2D eigenvalue weighted by atomic mass is 32.1. The molecule has 1 saturated heterocycles. The zero-order valence-corrected chi connectivity index (χ0v) is 24.9. The summed E-state index contributed by atoms with van der Waals surface area (Å²) in [6.45, 7) is 8.28. The largest absolute Gasteiger partial charge is 0.368 e. The summed E-state index contributed by atoms with van der Waals surface area (Å²) in [7, 11) is 0. The monoisotopic (exact) mass is 589 g/mol. The molecule has 2 aromatic carbocycles. The number of thiophene rings is 2. The third kappa shape index (κ3) is 5.56. The molecular weight excluding hydrogens is 558 g/mol. The second-order valence-corrected chi connectivity index (χ2v) is 13.3. The van der Waals surface area contributed by atoms with Gasteiger partial charge < -0.3 is 16.0 Å². The van der Waals surface area contributed by atoms with Gasteiger partial charge in [0, 0.05) is 16.5 Å². The van der Waals surface area contributed by atoms with Crippen molar-refractivity contribution < 1.29 is 18.8 Å². The van der Waals surface area contributed by atoms with Gasteiger partial charge in [-0.2, -0.15) is 0 Å². The SMILES string of the molecule is Cc1ccsc1C1C(C(=O)c2cccs2)C(c2ccc(C(C)(C)C)cc2)C(C(N)=O)N1C(=O)Nc1ccc(F)cc1. The Morgan fingerprint density at radius 3 is 2.15 bits per heavy atom. The maximum atomic E-state index is 14.3. The van der Waals surface area contributed by atoms with Gasteiger partial charge in [-0.1, -0.05) is 51.1 Å². The quantitative estimate of drug-likeness (QED) is 0.232. The summed E-state index contributed by atoms with van der Waals surface area (Å²) in [5.74, 6) is -2.76. The van der Waals surface area contributed by atoms with E-state index in [0.717, 1.165) is 21.6 Å². The van der Waals surface area contributed by atoms with E-state index in [0.29, 0.717) is 10.6 Å². The molecule has 1 aliphatic rings. The van der Waals surface area contributed by atoms with Gasteiger partial charge in [0.15, 0.2) is 5.78 Å². The molecule has 0 bridgehead atoms. The van der Waals surface area contributed by atoms with E-state index >= 15 is 0 Å². The van der Waals surface area contributed by atoms with E-state index in [9.17, 15) is 18.8 Å². The molecule has 212 valence electrons. The lowest BCUT2D eigenvalue weighted by Gasteiger charge is -2.30. The molecule has 2 aromatic heterocycles. The molecule has 4 aromatic rings. The molecule has 41 heavy (non-hydrogen) atoms. The number of likely N-dealkylation sites (tertiary alicyclic amines) is 1. The van der Waals surface area contributed by atoms with E-state index in [2.05, 4.69) is 26.1 Å². The highest BCUT2D eigenvalue weighted by molar-refractivity contribution is 7.12. The predicted molar refractivity (Wildman–Crippen MR) is 162 cm³/mol. The number of rotatable bonds is 6. The Labute approximate surface area is 247 Å². The average molecular weight is 590 g/mol. The molecule has 3 amide bonds. The molecule has 0 radical (unpaired) electrons. The first kappa shape index (κ1) is 28.7. The molecule has 3 heterocycles. The van der Waals surface area contributed by atoms with E-state index in [1.807, 2.05) is 54.1 Å². The van der Waals surface area contributed by atoms with Gasteiger partial charge in [-0.15, -0.1) is 22.7 Å². The zero-order chi connectivity index (χ0) is 29.5. The second-order valence-electron chi connectivity index (χ2n) is 11.4. The summed E-state index contributed by atoms with van der Waals surface area (Å²) >= 11 is 2.77. The summed E-state index contributed by atoms with van der Waals surface area (Å²) in [4.78, 5) is 44.5. The van der Waals surface area contributed by atoms with Crippen molar-refractivity contribution in [3.8, 4) is 0 Å². The van der Waals surface area contributed by atoms with E-state index in [4.69, 9.17) is 5.73 Å². The minimum atomic E-state index is -1.11. The van der Waals surface area contributed by atoms with Crippen LogP contribution in [0.2, 0.25) is 0 Å². The minimum absolute atomic E-state index is 0.0961. The average Bonchev–Trinajstić information content (AvgIpc) is 3.68. The van der Waals surface area contributed by atoms with Crippen LogP contribution in [-0.2, 0) is 10.2 Å². The van der Waals surface area contributed by atoms with Crippen molar-refractivity contribution in [1.29, 1.82) is 0 Å². The summed E-state index contributed by atoms with van der Waals surface area (Å²) in [6, 6.07) is 16.3. The van der Waals surface area contributed by atoms with Crippen molar-refractivity contribution in [2.45, 2.75) is 51.1 Å². The fraction of sp³-hybridized carbons (Fsp3) is 0.281. The number of nitrogens with zero attached hydrogens (tertiary/aromatic N) is 1. The van der Waals surface area contributed by atoms with Gasteiger partial charge in [0.05, 0.1) is 16.8 Å². The van der Waals surface area contributed by atoms with Gasteiger partial charge in [-0.05, 0) is 76.2 Å². The molecular formula is C32H32FN3O3S2. The number of nitrogens with two attached hydrogens (primary N) is 1. The number of hydrogen-bond donors (Lipinski definition) is 2. The third-order valence-corrected chi connectivity index (χ3v) is 9.66. The standard InChI is InChI=1S/C32H32FN3O3S2/c1-18-15-17-41-29(18)26-25(28(37)23-6-5-16-40-23)24(19-7-9-20(10-8-19)32(2,3)4)27(30(34)38)36(26)31(39)35-22-13-11-21(33)12-14-22/h5-17,24-27H,1-4H3,(H2,34,38)(H,35,39). The van der Waals surface area contributed by atoms with E-state index < -0.39 is 41.7 Å². The number of nitrogens with one attached hydrogen (secondary N) is 1. The Morgan fingerprint density at radius 1 is 0.927 bits per heavy atom. The number of urea groups is 1. The number of Topliss-reactive ketones (excluding diaryl/α,β-unsaturated/α-hetero) is 1. The molecule has 4 unspecified atom stereocenters. The van der Waals surface area contributed by atoms with Crippen LogP contribution in [0.3, 0.4) is 0 Å². The van der Waals surface area contributed by atoms with E-state index in [-0.39, 0.29) is 11.2 Å². The van der Waals surface area contributed by atoms with Gasteiger partial charge >= 0.3 is 6.03 Å². The predicted octanol–water partition coefficient (Wildman–Crippen LogP) is 7.28. The lowest BCUT2D eigenvalue weighted by atomic mass is 9.77. The Hall–Kier alpha value is -3.82. The zero-order valence-electron chi connectivity index (χ0n) is 23.3. The molecule has 0 saturated carbocycles. The molecule has 9 heteroatoms. The molecule has 1 fully saturated rings. The molecule has 3 N–H and O–H groups in total. The second kappa shape index (κ2) is 11.2. The number of anilines is 1. The lowest BCUT2D eigenvalue weighted by molar-refractivity contribution is -0.122. The van der Waals surface area contributed by atoms with Crippen LogP contribution in [0, 0.1) is 18.7 Å². The van der Waals surface area contributed by atoms with Crippen molar-refractivity contribution >= 4 is 46.1 Å². The van der Waals surface area contributed by atoms with Gasteiger partial charge in [-0.25, -0.2) is 9.18 Å². The van der Waals surface area contributed by atoms with E-state index in [1.165, 1.54) is 51.8 Å². The maximum Gasteiger partial charge on any atom is 0.323 e. The number of carbonyl (C=O) groups is 3. The van der Waals surface area contributed by atoms with Crippen LogP contribution in [0.25, 0.3) is 0 Å². The number of ketones is 1. The Kier molecular flexibility index (Phi) is 7.85. The molecule has 6 nitrogen and oxygen atoms in total. The first-order chi connectivity index (χ1) is 19.5. The van der Waals surface area contributed by atoms with Crippen LogP contribution in [0.4, 0.5) is 14.9 Å². The molecule has 0 aliphatic carbocycles. The van der Waals surface area contributed by atoms with Crippen molar-refractivity contribution in [1.82, 2.24) is 4.90 Å². The first-order valence-electron chi connectivity index (χ1n) is 13.3. The molecule has 0 spiro atoms. The lowest BCUT2D eigenvalue weighted by Crippen LogP contribution is -2.48. The summed E-state index contributed by atoms with van der Waals surface area (Å²) in [6.07, 6.45) is 0. The number of primary amides is 1. The van der Waals surface area contributed by atoms with Crippen molar-refractivity contribution in [2.24, 2.45) is 11.7 Å². The minimum Gasteiger partial charge on any atom is -0.368 e. The van der Waals surface area contributed by atoms with Crippen LogP contribution in [-0.4, -0.2) is 28.7 Å². The Morgan fingerprint density at radius 2 is 1.61 bits per heavy atom. The van der Waals surface area contributed by atoms with Crippen molar-refractivity contribution in [3.63, 3.8) is 0 Å². The molecule has 1 aliphatic heterocycles. The number of halogens is 1. The Bertz CT molecular complexity index is 1560. The smallest absolute Gasteiger partial charge is 0.323 e. The summed E-state index contributed by atoms with van der Waals surface area (Å²) < 4.78 is 13.6. The van der Waals surface area contributed by atoms with Crippen LogP contribution in [0.1, 0.15) is 64.0 Å². The van der Waals surface area contributed by atoms with Gasteiger partial charge in [0.1, 0.15) is 11.9 Å². The van der Waals surface area contributed by atoms with Crippen LogP contribution >= 0.6 is 22.7 Å². The van der Waals surface area contributed by atoms with Crippen molar-refractivity contribution in [3.05, 3.63) is 110 Å². The number of amides is 3. The highest BCUT2D eigenvalue weighted by Gasteiger charge is 2.57. The van der Waals surface area contributed by atoms with Gasteiger partial charge in [0.25, 0.3) is 0 Å². The third-order valence-electron chi connectivity index (χ3n) is 7.69. The van der Waals surface area contributed by atoms with Crippen LogP contribution in [0.5, 0.6) is 0 Å². The summed E-state index contributed by atoms with van der Waals surface area (Å²) in [5, 5.41) is 6.56. The Balaban J connectivity index is 1.70.